The summed E-state index contributed by atoms with van der Waals surface area (Å²) in [6.07, 6.45) is 0. The molecular weight excluding hydrogens is 569 g/mol. The number of nitrogens with zero attached hydrogens (tertiary/aromatic N) is 1. The zero-order valence-electron chi connectivity index (χ0n) is 24.1. The van der Waals surface area contributed by atoms with Gasteiger partial charge in [0.15, 0.2) is 0 Å². The van der Waals surface area contributed by atoms with Crippen LogP contribution in [0.3, 0.4) is 0 Å². The summed E-state index contributed by atoms with van der Waals surface area (Å²) < 4.78 is 14.3. The van der Waals surface area contributed by atoms with E-state index in [0.29, 0.717) is 0 Å². The predicted octanol–water partition coefficient (Wildman–Crippen LogP) is 9.39. The Bertz CT molecular complexity index is 2430. The van der Waals surface area contributed by atoms with Crippen LogP contribution < -0.4 is 25.3 Å². The average Bonchev–Trinajstić information content (AvgIpc) is 3.68. The fraction of sp³-hybridized carbons (Fsp3) is 0. The summed E-state index contributed by atoms with van der Waals surface area (Å²) in [5.74, 6) is 1.84. The maximum Gasteiger partial charge on any atom is 0.268 e. The van der Waals surface area contributed by atoms with Crippen LogP contribution in [0.4, 0.5) is 17.1 Å². The van der Waals surface area contributed by atoms with Crippen molar-refractivity contribution < 1.29 is 9.15 Å². The topological polar surface area (TPSA) is 25.6 Å². The molecule has 45 heavy (non-hydrogen) atoms. The Balaban J connectivity index is 1.38. The molecule has 0 saturated carbocycles. The number of hydrogen-bond donors (Lipinski definition) is 0. The highest BCUT2D eigenvalue weighted by molar-refractivity contribution is 7.31. The van der Waals surface area contributed by atoms with Gasteiger partial charge in [-0.05, 0) is 59.0 Å². The number of anilines is 3. The number of rotatable bonds is 3. The lowest BCUT2D eigenvalue weighted by Gasteiger charge is -2.38. The van der Waals surface area contributed by atoms with E-state index in [1.54, 1.807) is 0 Å². The van der Waals surface area contributed by atoms with Gasteiger partial charge in [0.2, 0.25) is 0 Å². The third-order valence-electron chi connectivity index (χ3n) is 9.14. The molecule has 5 heteroatoms. The minimum absolute atomic E-state index is 0.0395. The smallest absolute Gasteiger partial charge is 0.268 e. The van der Waals surface area contributed by atoms with E-state index in [-0.39, 0.29) is 6.71 Å². The summed E-state index contributed by atoms with van der Waals surface area (Å²) in [6.45, 7) is 0.0395. The molecule has 210 valence electrons. The molecular formula is C40H24BNO2S. The number of ether oxygens (including phenoxy) is 1. The Morgan fingerprint density at radius 2 is 1.31 bits per heavy atom. The SMILES string of the molecule is c1ccc(-c2c(-c3cccc4oc5ccccc5c34)sc3c2N(c2ccccc2)c2cccc4c2B3c2ccccc2O4)cc1. The molecule has 2 aliphatic rings. The Labute approximate surface area is 264 Å². The Morgan fingerprint density at radius 1 is 0.600 bits per heavy atom. The molecule has 6 aromatic carbocycles. The van der Waals surface area contributed by atoms with Crippen molar-refractivity contribution in [1.82, 2.24) is 0 Å². The lowest BCUT2D eigenvalue weighted by molar-refractivity contribution is 0.487. The summed E-state index contributed by atoms with van der Waals surface area (Å²) in [5.41, 5.74) is 11.3. The molecule has 8 aromatic rings. The Kier molecular flexibility index (Phi) is 5.25. The molecule has 0 unspecified atom stereocenters. The van der Waals surface area contributed by atoms with Crippen molar-refractivity contribution in [2.75, 3.05) is 4.90 Å². The molecule has 3 nitrogen and oxygen atoms in total. The molecule has 0 amide bonds. The van der Waals surface area contributed by atoms with Crippen LogP contribution in [0.2, 0.25) is 0 Å². The maximum absolute atomic E-state index is 6.59. The van der Waals surface area contributed by atoms with Crippen molar-refractivity contribution in [3.63, 3.8) is 0 Å². The standard InChI is InChI=1S/C40H24BNO2S/c1-3-13-25(14-4-1)35-38-40(45-39(35)28-18-11-23-33-36(28)27-17-7-9-21-31(27)43-33)41-29-19-8-10-22-32(29)44-34-24-12-20-30(37(34)41)42(38)26-15-5-2-6-16-26/h1-24H. The van der Waals surface area contributed by atoms with Crippen molar-refractivity contribution in [3.05, 3.63) is 146 Å². The van der Waals surface area contributed by atoms with E-state index in [1.165, 1.54) is 43.0 Å². The maximum atomic E-state index is 6.59. The minimum Gasteiger partial charge on any atom is -0.458 e. The van der Waals surface area contributed by atoms with Crippen LogP contribution in [-0.2, 0) is 0 Å². The van der Waals surface area contributed by atoms with E-state index in [0.717, 1.165) is 44.8 Å². The zero-order chi connectivity index (χ0) is 29.5. The summed E-state index contributed by atoms with van der Waals surface area (Å²) >= 11 is 1.90. The van der Waals surface area contributed by atoms with Gasteiger partial charge in [-0.1, -0.05) is 103 Å². The van der Waals surface area contributed by atoms with Crippen molar-refractivity contribution >= 4 is 72.8 Å². The summed E-state index contributed by atoms with van der Waals surface area (Å²) in [6, 6.07) is 51.4. The monoisotopic (exact) mass is 593 g/mol. The zero-order valence-corrected chi connectivity index (χ0v) is 24.9. The number of fused-ring (bicyclic) bond motifs is 7. The summed E-state index contributed by atoms with van der Waals surface area (Å²) in [4.78, 5) is 3.69. The van der Waals surface area contributed by atoms with Gasteiger partial charge in [-0.3, -0.25) is 0 Å². The van der Waals surface area contributed by atoms with E-state index in [9.17, 15) is 0 Å². The first kappa shape index (κ1) is 24.9. The highest BCUT2D eigenvalue weighted by atomic mass is 32.1. The van der Waals surface area contributed by atoms with Crippen LogP contribution in [0.5, 0.6) is 11.5 Å². The van der Waals surface area contributed by atoms with E-state index in [1.807, 2.05) is 17.4 Å². The second-order valence-corrected chi connectivity index (χ2v) is 12.6. The average molecular weight is 594 g/mol. The molecule has 0 fully saturated rings. The number of furan rings is 1. The largest absolute Gasteiger partial charge is 0.458 e. The van der Waals surface area contributed by atoms with E-state index < -0.39 is 0 Å². The van der Waals surface area contributed by atoms with Gasteiger partial charge in [0.05, 0.1) is 5.69 Å². The summed E-state index contributed by atoms with van der Waals surface area (Å²) in [5, 5.41) is 2.29. The molecule has 2 aromatic heterocycles. The van der Waals surface area contributed by atoms with Crippen molar-refractivity contribution in [2.24, 2.45) is 0 Å². The predicted molar refractivity (Wildman–Crippen MR) is 188 cm³/mol. The lowest BCUT2D eigenvalue weighted by Crippen LogP contribution is -2.58. The highest BCUT2D eigenvalue weighted by Gasteiger charge is 2.45. The normalized spacial score (nSPS) is 13.0. The van der Waals surface area contributed by atoms with E-state index >= 15 is 0 Å². The fourth-order valence-corrected chi connectivity index (χ4v) is 8.78. The fourth-order valence-electron chi connectivity index (χ4n) is 7.31. The Morgan fingerprint density at radius 3 is 2.20 bits per heavy atom. The molecule has 2 aliphatic heterocycles. The lowest BCUT2D eigenvalue weighted by atomic mass is 9.37. The van der Waals surface area contributed by atoms with Crippen LogP contribution in [-0.4, -0.2) is 6.71 Å². The molecule has 0 N–H and O–H groups in total. The van der Waals surface area contributed by atoms with Gasteiger partial charge in [0, 0.05) is 42.9 Å². The first-order valence-corrected chi connectivity index (χ1v) is 16.0. The number of para-hydroxylation sites is 3. The number of thiophene rings is 1. The van der Waals surface area contributed by atoms with Crippen LogP contribution in [0.25, 0.3) is 43.5 Å². The first-order valence-electron chi connectivity index (χ1n) is 15.2. The molecule has 0 atom stereocenters. The molecule has 0 bridgehead atoms. The highest BCUT2D eigenvalue weighted by Crippen LogP contribution is 2.52. The molecule has 0 aliphatic carbocycles. The number of hydrogen-bond acceptors (Lipinski definition) is 4. The molecule has 0 spiro atoms. The van der Waals surface area contributed by atoms with Crippen LogP contribution >= 0.6 is 11.3 Å². The van der Waals surface area contributed by atoms with Crippen molar-refractivity contribution in [1.29, 1.82) is 0 Å². The minimum atomic E-state index is 0.0395. The third kappa shape index (κ3) is 3.53. The van der Waals surface area contributed by atoms with E-state index in [2.05, 4.69) is 144 Å². The third-order valence-corrected chi connectivity index (χ3v) is 10.4. The first-order chi connectivity index (χ1) is 22.3. The van der Waals surface area contributed by atoms with Crippen LogP contribution in [0, 0.1) is 0 Å². The van der Waals surface area contributed by atoms with Gasteiger partial charge in [0.1, 0.15) is 22.7 Å². The van der Waals surface area contributed by atoms with Crippen molar-refractivity contribution in [2.45, 2.75) is 0 Å². The molecule has 10 rings (SSSR count). The molecule has 4 heterocycles. The molecule has 0 saturated heterocycles. The van der Waals surface area contributed by atoms with Gasteiger partial charge in [-0.25, -0.2) is 0 Å². The second kappa shape index (κ2) is 9.49. The van der Waals surface area contributed by atoms with Gasteiger partial charge >= 0.3 is 0 Å². The van der Waals surface area contributed by atoms with Crippen LogP contribution in [0.1, 0.15) is 0 Å². The van der Waals surface area contributed by atoms with Gasteiger partial charge in [-0.2, -0.15) is 0 Å². The molecule has 0 radical (unpaired) electrons. The van der Waals surface area contributed by atoms with Gasteiger partial charge < -0.3 is 14.1 Å². The van der Waals surface area contributed by atoms with E-state index in [4.69, 9.17) is 9.15 Å². The quantitative estimate of drug-likeness (QED) is 0.191. The number of benzene rings is 6. The van der Waals surface area contributed by atoms with Gasteiger partial charge in [-0.15, -0.1) is 11.3 Å². The summed E-state index contributed by atoms with van der Waals surface area (Å²) in [7, 11) is 0. The van der Waals surface area contributed by atoms with Gasteiger partial charge in [0.25, 0.3) is 6.71 Å². The van der Waals surface area contributed by atoms with Crippen LogP contribution in [0.15, 0.2) is 150 Å². The van der Waals surface area contributed by atoms with Crippen molar-refractivity contribution in [3.8, 4) is 33.1 Å². The second-order valence-electron chi connectivity index (χ2n) is 11.6. The Hall–Kier alpha value is -5.52.